The van der Waals surface area contributed by atoms with Gasteiger partial charge in [0.05, 0.1) is 15.9 Å². The summed E-state index contributed by atoms with van der Waals surface area (Å²) in [6, 6.07) is 11.9. The fourth-order valence-corrected chi connectivity index (χ4v) is 5.16. The van der Waals surface area contributed by atoms with Crippen LogP contribution in [0.25, 0.3) is 28.2 Å². The Bertz CT molecular complexity index is 1440. The van der Waals surface area contributed by atoms with Crippen molar-refractivity contribution in [2.75, 3.05) is 19.5 Å². The van der Waals surface area contributed by atoms with Crippen molar-refractivity contribution in [1.82, 2.24) is 19.7 Å². The smallest absolute Gasteiger partial charge is 0.232 e. The average Bonchev–Trinajstić information content (AvgIpc) is 3.38. The van der Waals surface area contributed by atoms with Gasteiger partial charge in [-0.25, -0.2) is 13.4 Å². The highest BCUT2D eigenvalue weighted by atomic mass is 35.5. The molecule has 0 unspecified atom stereocenters. The van der Waals surface area contributed by atoms with Crippen LogP contribution in [0, 0.1) is 5.92 Å². The Balaban J connectivity index is 1.56. The second kappa shape index (κ2) is 9.05. The number of fused-ring (bicyclic) bond motifs is 1. The number of nitrogens with zero attached hydrogens (tertiary/aromatic N) is 3. The normalized spacial score (nSPS) is 15.2. The van der Waals surface area contributed by atoms with E-state index >= 15 is 0 Å². The molecule has 0 atom stereocenters. The van der Waals surface area contributed by atoms with E-state index in [4.69, 9.17) is 16.3 Å². The number of hydrogen-bond donors (Lipinski definition) is 2. The van der Waals surface area contributed by atoms with Gasteiger partial charge in [0.1, 0.15) is 5.69 Å². The molecule has 1 aliphatic heterocycles. The van der Waals surface area contributed by atoms with Crippen molar-refractivity contribution in [3.05, 3.63) is 53.1 Å². The SMILES string of the molecule is CS(=O)(=O)c1ccc(-c2nn(-c3nc4cc(Cl)ccc4[nH]3)c(O)c2CCC2CCOCC2)cc1. The minimum Gasteiger partial charge on any atom is -0.493 e. The molecule has 2 aromatic carbocycles. The van der Waals surface area contributed by atoms with Crippen LogP contribution in [-0.2, 0) is 21.0 Å². The second-order valence-electron chi connectivity index (χ2n) is 8.68. The molecular weight excluding hydrogens is 476 g/mol. The first-order chi connectivity index (χ1) is 16.3. The lowest BCUT2D eigenvalue weighted by atomic mass is 9.92. The molecule has 1 saturated heterocycles. The minimum atomic E-state index is -3.31. The van der Waals surface area contributed by atoms with Crippen LogP contribution in [0.2, 0.25) is 5.02 Å². The van der Waals surface area contributed by atoms with E-state index in [2.05, 4.69) is 15.1 Å². The number of imidazole rings is 1. The Morgan fingerprint density at radius 2 is 1.91 bits per heavy atom. The molecule has 178 valence electrons. The molecular formula is C24H25ClN4O4S. The minimum absolute atomic E-state index is 0.0133. The number of rotatable bonds is 6. The van der Waals surface area contributed by atoms with Gasteiger partial charge in [0.2, 0.25) is 11.8 Å². The first kappa shape index (κ1) is 22.9. The molecule has 4 aromatic rings. The van der Waals surface area contributed by atoms with Crippen LogP contribution in [0.1, 0.15) is 24.8 Å². The molecule has 0 bridgehead atoms. The highest BCUT2D eigenvalue weighted by Gasteiger charge is 2.24. The molecule has 0 spiro atoms. The fourth-order valence-electron chi connectivity index (χ4n) is 4.36. The van der Waals surface area contributed by atoms with Gasteiger partial charge in [-0.15, -0.1) is 0 Å². The Morgan fingerprint density at radius 3 is 2.62 bits per heavy atom. The summed E-state index contributed by atoms with van der Waals surface area (Å²) in [6.07, 6.45) is 4.70. The van der Waals surface area contributed by atoms with Crippen molar-refractivity contribution in [3.63, 3.8) is 0 Å². The molecule has 5 rings (SSSR count). The van der Waals surface area contributed by atoms with Crippen LogP contribution in [-0.4, -0.2) is 52.7 Å². The van der Waals surface area contributed by atoms with Gasteiger partial charge in [0, 0.05) is 35.6 Å². The zero-order valence-electron chi connectivity index (χ0n) is 18.7. The molecule has 0 aliphatic carbocycles. The second-order valence-corrected chi connectivity index (χ2v) is 11.1. The maximum Gasteiger partial charge on any atom is 0.232 e. The third-order valence-electron chi connectivity index (χ3n) is 6.29. The van der Waals surface area contributed by atoms with E-state index in [9.17, 15) is 13.5 Å². The van der Waals surface area contributed by atoms with Crippen molar-refractivity contribution in [3.8, 4) is 23.1 Å². The van der Waals surface area contributed by atoms with Gasteiger partial charge >= 0.3 is 0 Å². The molecule has 2 aromatic heterocycles. The third kappa shape index (κ3) is 4.55. The molecule has 3 heterocycles. The number of ether oxygens (including phenoxy) is 1. The topological polar surface area (TPSA) is 110 Å². The summed E-state index contributed by atoms with van der Waals surface area (Å²) in [7, 11) is -3.31. The molecule has 34 heavy (non-hydrogen) atoms. The predicted octanol–water partition coefficient (Wildman–Crippen LogP) is 4.54. The van der Waals surface area contributed by atoms with Gasteiger partial charge < -0.3 is 14.8 Å². The van der Waals surface area contributed by atoms with E-state index in [1.54, 1.807) is 36.4 Å². The van der Waals surface area contributed by atoms with E-state index in [1.807, 2.05) is 6.07 Å². The summed E-state index contributed by atoms with van der Waals surface area (Å²) < 4.78 is 30.6. The van der Waals surface area contributed by atoms with Gasteiger partial charge in [0.15, 0.2) is 9.84 Å². The molecule has 1 aliphatic rings. The number of benzene rings is 2. The molecule has 1 fully saturated rings. The lowest BCUT2D eigenvalue weighted by Gasteiger charge is -2.21. The predicted molar refractivity (Wildman–Crippen MR) is 130 cm³/mol. The number of aromatic nitrogens is 4. The molecule has 0 radical (unpaired) electrons. The summed E-state index contributed by atoms with van der Waals surface area (Å²) >= 11 is 6.10. The van der Waals surface area contributed by atoms with Crippen molar-refractivity contribution in [1.29, 1.82) is 0 Å². The lowest BCUT2D eigenvalue weighted by molar-refractivity contribution is 0.0640. The standard InChI is InChI=1S/C24H25ClN4O4S/c1-34(31,32)18-6-3-16(4-7-18)22-19(8-2-15-10-12-33-13-11-15)23(30)29(28-22)24-26-20-9-5-17(25)14-21(20)27-24/h3-7,9,14-15,30H,2,8,10-13H2,1H3,(H,26,27). The van der Waals surface area contributed by atoms with E-state index in [0.29, 0.717) is 40.1 Å². The number of nitrogens with one attached hydrogen (secondary N) is 1. The van der Waals surface area contributed by atoms with Gasteiger partial charge in [-0.2, -0.15) is 9.78 Å². The van der Waals surface area contributed by atoms with Crippen molar-refractivity contribution in [2.45, 2.75) is 30.6 Å². The monoisotopic (exact) mass is 500 g/mol. The summed E-state index contributed by atoms with van der Waals surface area (Å²) in [4.78, 5) is 7.97. The summed E-state index contributed by atoms with van der Waals surface area (Å²) in [6.45, 7) is 1.52. The zero-order valence-corrected chi connectivity index (χ0v) is 20.2. The van der Waals surface area contributed by atoms with Gasteiger partial charge in [-0.3, -0.25) is 0 Å². The Morgan fingerprint density at radius 1 is 1.18 bits per heavy atom. The molecule has 2 N–H and O–H groups in total. The van der Waals surface area contributed by atoms with E-state index in [-0.39, 0.29) is 10.8 Å². The molecule has 10 heteroatoms. The first-order valence-corrected chi connectivity index (χ1v) is 13.4. The lowest BCUT2D eigenvalue weighted by Crippen LogP contribution is -2.16. The van der Waals surface area contributed by atoms with Gasteiger partial charge in [-0.1, -0.05) is 23.7 Å². The molecule has 0 saturated carbocycles. The van der Waals surface area contributed by atoms with Crippen LogP contribution in [0.3, 0.4) is 0 Å². The zero-order chi connectivity index (χ0) is 23.9. The maximum atomic E-state index is 11.9. The average molecular weight is 501 g/mol. The highest BCUT2D eigenvalue weighted by molar-refractivity contribution is 7.90. The number of hydrogen-bond acceptors (Lipinski definition) is 6. The van der Waals surface area contributed by atoms with E-state index in [1.165, 1.54) is 10.9 Å². The third-order valence-corrected chi connectivity index (χ3v) is 7.65. The van der Waals surface area contributed by atoms with Crippen LogP contribution in [0.4, 0.5) is 0 Å². The summed E-state index contributed by atoms with van der Waals surface area (Å²) in [5, 5.41) is 16.5. The molecule has 0 amide bonds. The summed E-state index contributed by atoms with van der Waals surface area (Å²) in [5.74, 6) is 0.908. The number of aromatic hydroxyl groups is 1. The van der Waals surface area contributed by atoms with E-state index < -0.39 is 9.84 Å². The number of H-pyrrole nitrogens is 1. The molecule has 8 nitrogen and oxygen atoms in total. The van der Waals surface area contributed by atoms with Crippen molar-refractivity contribution in [2.24, 2.45) is 5.92 Å². The van der Waals surface area contributed by atoms with Crippen LogP contribution in [0.15, 0.2) is 47.4 Å². The largest absolute Gasteiger partial charge is 0.493 e. The Kier molecular flexibility index (Phi) is 6.09. The van der Waals surface area contributed by atoms with Crippen molar-refractivity contribution >= 4 is 32.5 Å². The van der Waals surface area contributed by atoms with Crippen LogP contribution >= 0.6 is 11.6 Å². The van der Waals surface area contributed by atoms with Crippen LogP contribution in [0.5, 0.6) is 5.88 Å². The summed E-state index contributed by atoms with van der Waals surface area (Å²) in [5.41, 5.74) is 3.47. The fraction of sp³-hybridized carbons (Fsp3) is 0.333. The van der Waals surface area contributed by atoms with Gasteiger partial charge in [0.25, 0.3) is 0 Å². The quantitative estimate of drug-likeness (QED) is 0.402. The van der Waals surface area contributed by atoms with Crippen LogP contribution < -0.4 is 0 Å². The Hall–Kier alpha value is -2.88. The number of halogens is 1. The number of aromatic amines is 1. The number of sulfone groups is 1. The van der Waals surface area contributed by atoms with Crippen molar-refractivity contribution < 1.29 is 18.3 Å². The maximum absolute atomic E-state index is 11.9. The first-order valence-electron chi connectivity index (χ1n) is 11.1. The Labute approximate surface area is 202 Å². The van der Waals surface area contributed by atoms with E-state index in [0.717, 1.165) is 43.6 Å². The van der Waals surface area contributed by atoms with Gasteiger partial charge in [-0.05, 0) is 61.9 Å². The highest BCUT2D eigenvalue weighted by Crippen LogP contribution is 2.35.